The molecule has 7 nitrogen and oxygen atoms in total. The molecule has 0 bridgehead atoms. The van der Waals surface area contributed by atoms with Crippen molar-refractivity contribution in [3.05, 3.63) is 17.0 Å². The van der Waals surface area contributed by atoms with Gasteiger partial charge in [0.25, 0.3) is 5.78 Å². The molecule has 0 aliphatic carbocycles. The molecular formula is C10H14ClN5O2. The maximum atomic E-state index is 9.76. The highest BCUT2D eigenvalue weighted by Crippen LogP contribution is 2.22. The number of nitrogens with one attached hydrogen (secondary N) is 1. The van der Waals surface area contributed by atoms with Gasteiger partial charge in [0.1, 0.15) is 22.9 Å². The third-order valence-electron chi connectivity index (χ3n) is 2.58. The van der Waals surface area contributed by atoms with Gasteiger partial charge >= 0.3 is 0 Å². The summed E-state index contributed by atoms with van der Waals surface area (Å²) < 4.78 is 1.49. The summed E-state index contributed by atoms with van der Waals surface area (Å²) in [4.78, 5) is 8.01. The summed E-state index contributed by atoms with van der Waals surface area (Å²) in [6.45, 7) is 3.11. The lowest BCUT2D eigenvalue weighted by atomic mass is 10.1. The Bertz CT molecular complexity index is 569. The highest BCUT2D eigenvalue weighted by Gasteiger charge is 2.20. The van der Waals surface area contributed by atoms with Gasteiger partial charge in [-0.1, -0.05) is 11.6 Å². The van der Waals surface area contributed by atoms with Crippen LogP contribution in [0.2, 0.25) is 5.15 Å². The van der Waals surface area contributed by atoms with Crippen LogP contribution < -0.4 is 5.32 Å². The van der Waals surface area contributed by atoms with Gasteiger partial charge in [-0.3, -0.25) is 0 Å². The van der Waals surface area contributed by atoms with Gasteiger partial charge in [-0.2, -0.15) is 19.6 Å². The van der Waals surface area contributed by atoms with E-state index in [1.165, 1.54) is 17.8 Å². The number of aromatic nitrogens is 4. The first-order valence-electron chi connectivity index (χ1n) is 5.37. The van der Waals surface area contributed by atoms with Gasteiger partial charge in [-0.25, -0.2) is 0 Å². The predicted octanol–water partition coefficient (Wildman–Crippen LogP) is 0.241. The topological polar surface area (TPSA) is 95.6 Å². The Hall–Kier alpha value is -1.44. The maximum absolute atomic E-state index is 9.76. The molecule has 2 aromatic rings. The standard InChI is InChI=1S/C10H14ClN5O2/c1-6-7(11)15-9-13-5-14-16(9)8(6)12-3-10(2,18)4-17/h5,12,17-18H,3-4H2,1-2H3. The van der Waals surface area contributed by atoms with Gasteiger partial charge in [-0.05, 0) is 13.8 Å². The molecule has 0 fully saturated rings. The lowest BCUT2D eigenvalue weighted by Crippen LogP contribution is -2.37. The Morgan fingerprint density at radius 3 is 2.94 bits per heavy atom. The zero-order chi connectivity index (χ0) is 13.3. The fourth-order valence-corrected chi connectivity index (χ4v) is 1.60. The number of hydrogen-bond acceptors (Lipinski definition) is 6. The molecule has 1 atom stereocenters. The van der Waals surface area contributed by atoms with E-state index in [0.29, 0.717) is 22.3 Å². The van der Waals surface area contributed by atoms with Crippen molar-refractivity contribution in [1.29, 1.82) is 0 Å². The summed E-state index contributed by atoms with van der Waals surface area (Å²) in [6, 6.07) is 0. The van der Waals surface area contributed by atoms with Crippen LogP contribution >= 0.6 is 11.6 Å². The van der Waals surface area contributed by atoms with E-state index in [0.717, 1.165) is 0 Å². The fraction of sp³-hybridized carbons (Fsp3) is 0.500. The number of fused-ring (bicyclic) bond motifs is 1. The third kappa shape index (κ3) is 2.38. The summed E-state index contributed by atoms with van der Waals surface area (Å²) in [6.07, 6.45) is 1.37. The van der Waals surface area contributed by atoms with Crippen LogP contribution in [0.15, 0.2) is 6.33 Å². The van der Waals surface area contributed by atoms with E-state index in [1.807, 2.05) is 0 Å². The molecule has 98 valence electrons. The van der Waals surface area contributed by atoms with Gasteiger partial charge < -0.3 is 15.5 Å². The number of nitrogens with zero attached hydrogens (tertiary/aromatic N) is 4. The van der Waals surface area contributed by atoms with Crippen molar-refractivity contribution in [2.45, 2.75) is 19.4 Å². The van der Waals surface area contributed by atoms with Crippen molar-refractivity contribution in [2.24, 2.45) is 0 Å². The van der Waals surface area contributed by atoms with E-state index in [-0.39, 0.29) is 13.2 Å². The Morgan fingerprint density at radius 1 is 1.56 bits per heavy atom. The molecule has 2 aromatic heterocycles. The van der Waals surface area contributed by atoms with Crippen LogP contribution in [0.5, 0.6) is 0 Å². The molecule has 2 rings (SSSR count). The summed E-state index contributed by atoms with van der Waals surface area (Å²) in [5, 5.41) is 26.1. The van der Waals surface area contributed by atoms with E-state index in [2.05, 4.69) is 20.4 Å². The van der Waals surface area contributed by atoms with Crippen LogP contribution in [-0.4, -0.2) is 48.5 Å². The summed E-state index contributed by atoms with van der Waals surface area (Å²) >= 11 is 5.99. The predicted molar refractivity (Wildman–Crippen MR) is 66.7 cm³/mol. The van der Waals surface area contributed by atoms with Crippen LogP contribution in [0.25, 0.3) is 5.78 Å². The van der Waals surface area contributed by atoms with Crippen LogP contribution in [0.3, 0.4) is 0 Å². The normalized spacial score (nSPS) is 14.7. The minimum absolute atomic E-state index is 0.152. The minimum atomic E-state index is -1.23. The number of halogens is 1. The lowest BCUT2D eigenvalue weighted by molar-refractivity contribution is 0.0131. The molecule has 0 aliphatic rings. The summed E-state index contributed by atoms with van der Waals surface area (Å²) in [7, 11) is 0. The lowest BCUT2D eigenvalue weighted by Gasteiger charge is -2.22. The van der Waals surface area contributed by atoms with E-state index < -0.39 is 5.60 Å². The van der Waals surface area contributed by atoms with Gasteiger partial charge in [0, 0.05) is 12.1 Å². The van der Waals surface area contributed by atoms with E-state index in [9.17, 15) is 5.11 Å². The molecule has 3 N–H and O–H groups in total. The van der Waals surface area contributed by atoms with E-state index in [4.69, 9.17) is 16.7 Å². The number of anilines is 1. The van der Waals surface area contributed by atoms with E-state index >= 15 is 0 Å². The number of aliphatic hydroxyl groups excluding tert-OH is 1. The second-order valence-electron chi connectivity index (χ2n) is 4.36. The van der Waals surface area contributed by atoms with Crippen molar-refractivity contribution in [3.8, 4) is 0 Å². The Morgan fingerprint density at radius 2 is 2.28 bits per heavy atom. The molecule has 0 spiro atoms. The van der Waals surface area contributed by atoms with Gasteiger partial charge in [0.05, 0.1) is 6.61 Å². The van der Waals surface area contributed by atoms with E-state index in [1.54, 1.807) is 6.92 Å². The van der Waals surface area contributed by atoms with Crippen LogP contribution in [-0.2, 0) is 0 Å². The molecular weight excluding hydrogens is 258 g/mol. The largest absolute Gasteiger partial charge is 0.393 e. The number of aliphatic hydroxyl groups is 2. The first-order valence-corrected chi connectivity index (χ1v) is 5.75. The Labute approximate surface area is 108 Å². The molecule has 0 aromatic carbocycles. The molecule has 0 saturated heterocycles. The monoisotopic (exact) mass is 271 g/mol. The molecule has 0 aliphatic heterocycles. The fourth-order valence-electron chi connectivity index (χ4n) is 1.44. The van der Waals surface area contributed by atoms with Crippen molar-refractivity contribution >= 4 is 23.2 Å². The van der Waals surface area contributed by atoms with Crippen LogP contribution in [0, 0.1) is 6.92 Å². The third-order valence-corrected chi connectivity index (χ3v) is 2.95. The zero-order valence-electron chi connectivity index (χ0n) is 10.1. The molecule has 8 heteroatoms. The molecule has 0 radical (unpaired) electrons. The summed E-state index contributed by atoms with van der Waals surface area (Å²) in [5.41, 5.74) is -0.529. The maximum Gasteiger partial charge on any atom is 0.255 e. The second-order valence-corrected chi connectivity index (χ2v) is 4.71. The molecule has 18 heavy (non-hydrogen) atoms. The van der Waals surface area contributed by atoms with Crippen molar-refractivity contribution in [1.82, 2.24) is 19.6 Å². The van der Waals surface area contributed by atoms with Crippen molar-refractivity contribution in [3.63, 3.8) is 0 Å². The zero-order valence-corrected chi connectivity index (χ0v) is 10.8. The smallest absolute Gasteiger partial charge is 0.255 e. The number of rotatable bonds is 4. The second kappa shape index (κ2) is 4.68. The van der Waals surface area contributed by atoms with Crippen molar-refractivity contribution < 1.29 is 10.2 Å². The van der Waals surface area contributed by atoms with Gasteiger partial charge in [0.2, 0.25) is 0 Å². The van der Waals surface area contributed by atoms with Gasteiger partial charge in [-0.15, -0.1) is 0 Å². The average molecular weight is 272 g/mol. The molecule has 2 heterocycles. The van der Waals surface area contributed by atoms with Crippen LogP contribution in [0.1, 0.15) is 12.5 Å². The quantitative estimate of drug-likeness (QED) is 0.690. The average Bonchev–Trinajstić information content (AvgIpc) is 2.77. The Kier molecular flexibility index (Phi) is 3.38. The summed E-state index contributed by atoms with van der Waals surface area (Å²) in [5.74, 6) is 0.966. The first-order chi connectivity index (χ1) is 8.44. The number of hydrogen-bond donors (Lipinski definition) is 3. The SMILES string of the molecule is Cc1c(Cl)nc2ncnn2c1NCC(C)(O)CO. The highest BCUT2D eigenvalue weighted by atomic mass is 35.5. The van der Waals surface area contributed by atoms with Crippen LogP contribution in [0.4, 0.5) is 5.82 Å². The first kappa shape index (κ1) is 13.0. The highest BCUT2D eigenvalue weighted by molar-refractivity contribution is 6.30. The Balaban J connectivity index is 2.37. The molecule has 1 unspecified atom stereocenters. The van der Waals surface area contributed by atoms with Gasteiger partial charge in [0.15, 0.2) is 0 Å². The molecule has 0 saturated carbocycles. The minimum Gasteiger partial charge on any atom is -0.393 e. The molecule has 0 amide bonds. The van der Waals surface area contributed by atoms with Crippen molar-refractivity contribution in [2.75, 3.05) is 18.5 Å².